The van der Waals surface area contributed by atoms with E-state index in [1.807, 2.05) is 12.1 Å². The van der Waals surface area contributed by atoms with Crippen LogP contribution in [-0.2, 0) is 4.79 Å². The number of rotatable bonds is 4. The van der Waals surface area contributed by atoms with Gasteiger partial charge in [-0.15, -0.1) is 0 Å². The summed E-state index contributed by atoms with van der Waals surface area (Å²) < 4.78 is 6.04. The number of nitrogens with two attached hydrogens (primary N) is 1. The molecule has 1 saturated heterocycles. The predicted octanol–water partition coefficient (Wildman–Crippen LogP) is 1.82. The van der Waals surface area contributed by atoms with E-state index < -0.39 is 0 Å². The highest BCUT2D eigenvalue weighted by Gasteiger charge is 2.18. The van der Waals surface area contributed by atoms with Gasteiger partial charge in [-0.2, -0.15) is 0 Å². The summed E-state index contributed by atoms with van der Waals surface area (Å²) in [5.74, 6) is 0.694. The molecule has 1 heterocycles. The lowest BCUT2D eigenvalue weighted by molar-refractivity contribution is -0.117. The number of piperidine rings is 1. The van der Waals surface area contributed by atoms with Gasteiger partial charge in [0.15, 0.2) is 0 Å². The third-order valence-corrected chi connectivity index (χ3v) is 3.85. The van der Waals surface area contributed by atoms with Gasteiger partial charge in [-0.3, -0.25) is 9.69 Å². The van der Waals surface area contributed by atoms with Crippen molar-refractivity contribution in [2.45, 2.75) is 18.9 Å². The number of methoxy groups -OCH3 is 1. The van der Waals surface area contributed by atoms with Gasteiger partial charge in [0, 0.05) is 35.4 Å². The molecule has 6 heteroatoms. The lowest BCUT2D eigenvalue weighted by Gasteiger charge is -2.29. The summed E-state index contributed by atoms with van der Waals surface area (Å²) in [5, 5.41) is 2.89. The molecule has 0 aliphatic carbocycles. The van der Waals surface area contributed by atoms with Crippen LogP contribution in [0.1, 0.15) is 12.8 Å². The average molecular weight is 342 g/mol. The maximum absolute atomic E-state index is 12.0. The molecule has 0 saturated carbocycles. The van der Waals surface area contributed by atoms with Crippen LogP contribution in [-0.4, -0.2) is 43.6 Å². The third kappa shape index (κ3) is 4.47. The molecule has 0 aromatic heterocycles. The van der Waals surface area contributed by atoms with Gasteiger partial charge in [-0.25, -0.2) is 0 Å². The number of nitrogens with zero attached hydrogens (tertiary/aromatic N) is 1. The summed E-state index contributed by atoms with van der Waals surface area (Å²) in [6.45, 7) is 2.17. The SMILES string of the molecule is COc1cc(Br)cc(NC(=O)CN2CCC(N)CC2)c1. The first kappa shape index (κ1) is 15.3. The zero-order valence-corrected chi connectivity index (χ0v) is 13.1. The molecule has 1 aromatic rings. The molecule has 110 valence electrons. The summed E-state index contributed by atoms with van der Waals surface area (Å²) in [6, 6.07) is 5.78. The second-order valence-electron chi connectivity index (χ2n) is 5.04. The summed E-state index contributed by atoms with van der Waals surface area (Å²) in [6.07, 6.45) is 1.91. The van der Waals surface area contributed by atoms with Crippen LogP contribution in [0.5, 0.6) is 5.75 Å². The number of amides is 1. The normalized spacial score (nSPS) is 16.9. The number of ether oxygens (including phenoxy) is 1. The Balaban J connectivity index is 1.89. The molecule has 20 heavy (non-hydrogen) atoms. The maximum Gasteiger partial charge on any atom is 0.238 e. The van der Waals surface area contributed by atoms with Crippen LogP contribution in [0.4, 0.5) is 5.69 Å². The Labute approximate surface area is 127 Å². The van der Waals surface area contributed by atoms with Gasteiger partial charge < -0.3 is 15.8 Å². The number of halogens is 1. The largest absolute Gasteiger partial charge is 0.497 e. The van der Waals surface area contributed by atoms with Crippen LogP contribution in [0.15, 0.2) is 22.7 Å². The van der Waals surface area contributed by atoms with Crippen molar-refractivity contribution in [3.63, 3.8) is 0 Å². The molecule has 0 bridgehead atoms. The standard InChI is InChI=1S/C14H20BrN3O2/c1-20-13-7-10(15)6-12(8-13)17-14(19)9-18-4-2-11(16)3-5-18/h6-8,11H,2-5,9,16H2,1H3,(H,17,19). The van der Waals surface area contributed by atoms with E-state index in [0.717, 1.165) is 36.1 Å². The minimum absolute atomic E-state index is 0.0133. The van der Waals surface area contributed by atoms with E-state index in [0.29, 0.717) is 12.3 Å². The van der Waals surface area contributed by atoms with E-state index in [1.54, 1.807) is 13.2 Å². The Morgan fingerprint density at radius 2 is 2.15 bits per heavy atom. The smallest absolute Gasteiger partial charge is 0.238 e. The van der Waals surface area contributed by atoms with E-state index in [-0.39, 0.29) is 11.9 Å². The van der Waals surface area contributed by atoms with Gasteiger partial charge in [-0.05, 0) is 25.0 Å². The Kier molecular flexibility index (Phi) is 5.39. The molecule has 1 amide bonds. The summed E-state index contributed by atoms with van der Waals surface area (Å²) >= 11 is 3.39. The summed E-state index contributed by atoms with van der Waals surface area (Å²) in [7, 11) is 1.60. The van der Waals surface area contributed by atoms with Gasteiger partial charge in [-0.1, -0.05) is 15.9 Å². The number of hydrogen-bond donors (Lipinski definition) is 2. The molecule has 1 aromatic carbocycles. The zero-order chi connectivity index (χ0) is 14.5. The summed E-state index contributed by atoms with van der Waals surface area (Å²) in [5.41, 5.74) is 6.59. The fourth-order valence-corrected chi connectivity index (χ4v) is 2.74. The molecule has 1 fully saturated rings. The van der Waals surface area contributed by atoms with Crippen LogP contribution in [0.2, 0.25) is 0 Å². The molecule has 5 nitrogen and oxygen atoms in total. The predicted molar refractivity (Wildman–Crippen MR) is 83.0 cm³/mol. The number of benzene rings is 1. The van der Waals surface area contributed by atoms with Crippen molar-refractivity contribution in [2.24, 2.45) is 5.73 Å². The molecular formula is C14H20BrN3O2. The van der Waals surface area contributed by atoms with Crippen molar-refractivity contribution in [3.05, 3.63) is 22.7 Å². The Hall–Kier alpha value is -1.11. The number of likely N-dealkylation sites (tertiary alicyclic amines) is 1. The topological polar surface area (TPSA) is 67.6 Å². The molecule has 1 aliphatic heterocycles. The third-order valence-electron chi connectivity index (χ3n) is 3.39. The van der Waals surface area contributed by atoms with Crippen molar-refractivity contribution in [1.29, 1.82) is 0 Å². The highest BCUT2D eigenvalue weighted by Crippen LogP contribution is 2.24. The Morgan fingerprint density at radius 3 is 2.80 bits per heavy atom. The van der Waals surface area contributed by atoms with Gasteiger partial charge >= 0.3 is 0 Å². The first-order valence-corrected chi connectivity index (χ1v) is 7.48. The Bertz CT molecular complexity index is 473. The number of hydrogen-bond acceptors (Lipinski definition) is 4. The molecule has 0 unspecified atom stereocenters. The Morgan fingerprint density at radius 1 is 1.45 bits per heavy atom. The van der Waals surface area contributed by atoms with Crippen LogP contribution in [0.3, 0.4) is 0 Å². The van der Waals surface area contributed by atoms with Crippen LogP contribution < -0.4 is 15.8 Å². The van der Waals surface area contributed by atoms with Crippen LogP contribution in [0, 0.1) is 0 Å². The van der Waals surface area contributed by atoms with Crippen LogP contribution >= 0.6 is 15.9 Å². The van der Waals surface area contributed by atoms with Gasteiger partial charge in [0.1, 0.15) is 5.75 Å². The highest BCUT2D eigenvalue weighted by molar-refractivity contribution is 9.10. The van der Waals surface area contributed by atoms with Crippen molar-refractivity contribution in [1.82, 2.24) is 4.90 Å². The number of carbonyl (C=O) groups excluding carboxylic acids is 1. The molecule has 0 spiro atoms. The van der Waals surface area contributed by atoms with Crippen molar-refractivity contribution in [2.75, 3.05) is 32.1 Å². The second kappa shape index (κ2) is 7.06. The number of carbonyl (C=O) groups is 1. The molecule has 0 atom stereocenters. The quantitative estimate of drug-likeness (QED) is 0.876. The zero-order valence-electron chi connectivity index (χ0n) is 11.6. The molecule has 3 N–H and O–H groups in total. The van der Waals surface area contributed by atoms with E-state index in [9.17, 15) is 4.79 Å². The van der Waals surface area contributed by atoms with Gasteiger partial charge in [0.05, 0.1) is 13.7 Å². The first-order valence-electron chi connectivity index (χ1n) is 6.69. The minimum atomic E-state index is -0.0133. The monoisotopic (exact) mass is 341 g/mol. The van der Waals surface area contributed by atoms with Gasteiger partial charge in [0.25, 0.3) is 0 Å². The van der Waals surface area contributed by atoms with E-state index in [2.05, 4.69) is 26.1 Å². The molecule has 2 rings (SSSR count). The lowest BCUT2D eigenvalue weighted by Crippen LogP contribution is -2.43. The van der Waals surface area contributed by atoms with Crippen LogP contribution in [0.25, 0.3) is 0 Å². The average Bonchev–Trinajstić information content (AvgIpc) is 2.40. The molecule has 0 radical (unpaired) electrons. The lowest BCUT2D eigenvalue weighted by atomic mass is 10.1. The van der Waals surface area contributed by atoms with E-state index in [4.69, 9.17) is 10.5 Å². The number of nitrogens with one attached hydrogen (secondary N) is 1. The second-order valence-corrected chi connectivity index (χ2v) is 5.96. The fraction of sp³-hybridized carbons (Fsp3) is 0.500. The van der Waals surface area contributed by atoms with E-state index in [1.165, 1.54) is 0 Å². The fourth-order valence-electron chi connectivity index (χ4n) is 2.27. The molecule has 1 aliphatic rings. The van der Waals surface area contributed by atoms with E-state index >= 15 is 0 Å². The van der Waals surface area contributed by atoms with Crippen molar-refractivity contribution in [3.8, 4) is 5.75 Å². The first-order chi connectivity index (χ1) is 9.56. The molecular weight excluding hydrogens is 322 g/mol. The minimum Gasteiger partial charge on any atom is -0.497 e. The van der Waals surface area contributed by atoms with Crippen molar-refractivity contribution < 1.29 is 9.53 Å². The number of anilines is 1. The summed E-state index contributed by atoms with van der Waals surface area (Å²) in [4.78, 5) is 14.2. The highest BCUT2D eigenvalue weighted by atomic mass is 79.9. The van der Waals surface area contributed by atoms with Crippen molar-refractivity contribution >= 4 is 27.5 Å². The van der Waals surface area contributed by atoms with Gasteiger partial charge in [0.2, 0.25) is 5.91 Å². The maximum atomic E-state index is 12.0.